The number of aryl methyl sites for hydroxylation is 2. The number of ether oxygens (including phenoxy) is 3. The fourth-order valence-corrected chi connectivity index (χ4v) is 4.88. The monoisotopic (exact) mass is 467 g/mol. The first kappa shape index (κ1) is 24.0. The van der Waals surface area contributed by atoms with Crippen LogP contribution in [0.1, 0.15) is 29.7 Å². The molecule has 2 aliphatic heterocycles. The fourth-order valence-electron chi connectivity index (χ4n) is 4.88. The molecule has 3 atom stereocenters. The van der Waals surface area contributed by atoms with Crippen LogP contribution in [-0.2, 0) is 14.3 Å². The molecule has 0 saturated carbocycles. The number of nitrogens with two attached hydrogens (primary N) is 1. The molecule has 2 heterocycles. The largest absolute Gasteiger partial charge is 0.486 e. The number of hydrogen-bond donors (Lipinski definition) is 1. The Labute approximate surface area is 200 Å². The molecule has 182 valence electrons. The van der Waals surface area contributed by atoms with E-state index in [4.69, 9.17) is 19.9 Å². The van der Waals surface area contributed by atoms with E-state index in [-0.39, 0.29) is 11.9 Å². The third-order valence-corrected chi connectivity index (χ3v) is 6.56. The molecular formula is C26H33N3O5. The van der Waals surface area contributed by atoms with Gasteiger partial charge in [-0.15, -0.1) is 0 Å². The summed E-state index contributed by atoms with van der Waals surface area (Å²) in [5.74, 6) is 0.654. The maximum absolute atomic E-state index is 12.5. The average molecular weight is 468 g/mol. The maximum Gasteiger partial charge on any atom is 0.303 e. The number of para-hydroxylation sites is 2. The van der Waals surface area contributed by atoms with Crippen molar-refractivity contribution in [3.8, 4) is 11.5 Å². The van der Waals surface area contributed by atoms with E-state index in [1.54, 1.807) is 0 Å². The normalized spacial score (nSPS) is 20.4. The number of hydrogen-bond acceptors (Lipinski definition) is 7. The highest BCUT2D eigenvalue weighted by Gasteiger charge is 2.35. The zero-order valence-corrected chi connectivity index (χ0v) is 20.0. The van der Waals surface area contributed by atoms with Crippen molar-refractivity contribution in [2.75, 3.05) is 39.3 Å². The van der Waals surface area contributed by atoms with E-state index in [9.17, 15) is 9.59 Å². The first-order valence-corrected chi connectivity index (χ1v) is 11.7. The molecule has 0 spiro atoms. The molecule has 0 aliphatic carbocycles. The van der Waals surface area contributed by atoms with Crippen LogP contribution in [0, 0.1) is 13.8 Å². The quantitative estimate of drug-likeness (QED) is 0.624. The van der Waals surface area contributed by atoms with Crippen molar-refractivity contribution in [1.29, 1.82) is 0 Å². The molecule has 4 rings (SSSR count). The van der Waals surface area contributed by atoms with E-state index in [1.807, 2.05) is 56.3 Å². The fraction of sp³-hybridized carbons (Fsp3) is 0.462. The van der Waals surface area contributed by atoms with Crippen LogP contribution in [-0.4, -0.2) is 73.2 Å². The number of primary amides is 1. The lowest BCUT2D eigenvalue weighted by Gasteiger charge is -2.41. The number of nitrogens with zero attached hydrogens (tertiary/aromatic N) is 2. The highest BCUT2D eigenvalue weighted by Crippen LogP contribution is 2.32. The minimum Gasteiger partial charge on any atom is -0.486 e. The maximum atomic E-state index is 12.5. The number of esters is 1. The number of amides is 1. The predicted octanol–water partition coefficient (Wildman–Crippen LogP) is 2.22. The minimum atomic E-state index is -0.469. The first-order valence-electron chi connectivity index (χ1n) is 11.7. The molecule has 0 aromatic heterocycles. The Hall–Kier alpha value is -3.10. The van der Waals surface area contributed by atoms with Gasteiger partial charge in [0.1, 0.15) is 12.6 Å². The molecule has 1 amide bonds. The number of carbonyl (C=O) groups excluding carboxylic acids is 2. The second kappa shape index (κ2) is 10.4. The van der Waals surface area contributed by atoms with Gasteiger partial charge in [-0.2, -0.15) is 0 Å². The van der Waals surface area contributed by atoms with Gasteiger partial charge in [0, 0.05) is 39.6 Å². The van der Waals surface area contributed by atoms with E-state index in [0.717, 1.165) is 29.8 Å². The van der Waals surface area contributed by atoms with Crippen molar-refractivity contribution in [3.63, 3.8) is 0 Å². The van der Waals surface area contributed by atoms with Gasteiger partial charge in [0.05, 0.1) is 0 Å². The summed E-state index contributed by atoms with van der Waals surface area (Å²) in [4.78, 5) is 28.7. The van der Waals surface area contributed by atoms with Gasteiger partial charge in [-0.25, -0.2) is 0 Å². The lowest BCUT2D eigenvalue weighted by molar-refractivity contribution is -0.155. The molecule has 8 nitrogen and oxygen atoms in total. The third-order valence-electron chi connectivity index (χ3n) is 6.56. The summed E-state index contributed by atoms with van der Waals surface area (Å²) < 4.78 is 17.6. The summed E-state index contributed by atoms with van der Waals surface area (Å²) >= 11 is 0. The predicted molar refractivity (Wildman–Crippen MR) is 128 cm³/mol. The zero-order chi connectivity index (χ0) is 24.2. The lowest BCUT2D eigenvalue weighted by atomic mass is 9.94. The van der Waals surface area contributed by atoms with Crippen LogP contribution in [0.2, 0.25) is 0 Å². The standard InChI is InChI=1S/C26H33N3O5/c1-17-7-6-8-18(2)24(17)25(26(27)31)29-13-11-28(12-14-29)15-22(33-19(3)30)23-16-32-20-9-4-5-10-21(20)34-23/h4-10,22-23,25H,11-16H2,1-3H3,(H2,27,31). The molecule has 2 aromatic carbocycles. The summed E-state index contributed by atoms with van der Waals surface area (Å²) in [7, 11) is 0. The Kier molecular flexibility index (Phi) is 7.38. The number of piperazine rings is 1. The van der Waals surface area contributed by atoms with Crippen molar-refractivity contribution in [2.45, 2.75) is 39.0 Å². The average Bonchev–Trinajstić information content (AvgIpc) is 2.81. The molecule has 0 radical (unpaired) electrons. The number of carbonyl (C=O) groups is 2. The molecule has 34 heavy (non-hydrogen) atoms. The van der Waals surface area contributed by atoms with Crippen molar-refractivity contribution in [1.82, 2.24) is 9.80 Å². The minimum absolute atomic E-state index is 0.311. The van der Waals surface area contributed by atoms with E-state index >= 15 is 0 Å². The highest BCUT2D eigenvalue weighted by atomic mass is 16.6. The molecule has 3 unspecified atom stereocenters. The molecule has 2 aromatic rings. The van der Waals surface area contributed by atoms with E-state index < -0.39 is 18.2 Å². The Balaban J connectivity index is 1.42. The van der Waals surface area contributed by atoms with Gasteiger partial charge in [0.15, 0.2) is 23.7 Å². The summed E-state index contributed by atoms with van der Waals surface area (Å²) in [5, 5.41) is 0. The van der Waals surface area contributed by atoms with Crippen LogP contribution in [0.15, 0.2) is 42.5 Å². The Morgan fingerprint density at radius 2 is 1.68 bits per heavy atom. The molecule has 1 fully saturated rings. The summed E-state index contributed by atoms with van der Waals surface area (Å²) in [6.07, 6.45) is -0.868. The smallest absolute Gasteiger partial charge is 0.303 e. The van der Waals surface area contributed by atoms with Crippen molar-refractivity contribution in [3.05, 3.63) is 59.2 Å². The van der Waals surface area contributed by atoms with Crippen LogP contribution in [0.25, 0.3) is 0 Å². The Morgan fingerprint density at radius 1 is 1.03 bits per heavy atom. The molecule has 8 heteroatoms. The van der Waals surface area contributed by atoms with E-state index in [1.165, 1.54) is 6.92 Å². The second-order valence-corrected chi connectivity index (χ2v) is 9.01. The van der Waals surface area contributed by atoms with Gasteiger partial charge in [0.2, 0.25) is 5.91 Å². The van der Waals surface area contributed by atoms with Crippen LogP contribution < -0.4 is 15.2 Å². The number of fused-ring (bicyclic) bond motifs is 1. The molecule has 2 N–H and O–H groups in total. The van der Waals surface area contributed by atoms with Gasteiger partial charge in [-0.3, -0.25) is 19.4 Å². The van der Waals surface area contributed by atoms with Crippen molar-refractivity contribution < 1.29 is 23.8 Å². The van der Waals surface area contributed by atoms with E-state index in [0.29, 0.717) is 37.7 Å². The summed E-state index contributed by atoms with van der Waals surface area (Å²) in [5.41, 5.74) is 8.99. The van der Waals surface area contributed by atoms with Crippen LogP contribution >= 0.6 is 0 Å². The van der Waals surface area contributed by atoms with Gasteiger partial charge in [0.25, 0.3) is 0 Å². The van der Waals surface area contributed by atoms with Crippen LogP contribution in [0.3, 0.4) is 0 Å². The highest BCUT2D eigenvalue weighted by molar-refractivity contribution is 5.82. The Morgan fingerprint density at radius 3 is 2.29 bits per heavy atom. The van der Waals surface area contributed by atoms with Gasteiger partial charge in [-0.1, -0.05) is 30.3 Å². The van der Waals surface area contributed by atoms with Crippen LogP contribution in [0.5, 0.6) is 11.5 Å². The third kappa shape index (κ3) is 5.34. The van der Waals surface area contributed by atoms with Gasteiger partial charge >= 0.3 is 5.97 Å². The number of benzene rings is 2. The number of rotatable bonds is 7. The van der Waals surface area contributed by atoms with Gasteiger partial charge in [-0.05, 0) is 42.7 Å². The first-order chi connectivity index (χ1) is 16.3. The summed E-state index contributed by atoms with van der Waals surface area (Å²) in [6.45, 7) is 9.07. The van der Waals surface area contributed by atoms with E-state index in [2.05, 4.69) is 9.80 Å². The SMILES string of the molecule is CC(=O)OC(CN1CCN(C(C(N)=O)c2c(C)cccc2C)CC1)C1COc2ccccc2O1. The topological polar surface area (TPSA) is 94.3 Å². The zero-order valence-electron chi connectivity index (χ0n) is 20.0. The molecular weight excluding hydrogens is 434 g/mol. The van der Waals surface area contributed by atoms with Gasteiger partial charge < -0.3 is 19.9 Å². The molecule has 0 bridgehead atoms. The van der Waals surface area contributed by atoms with Crippen LogP contribution in [0.4, 0.5) is 0 Å². The lowest BCUT2D eigenvalue weighted by Crippen LogP contribution is -2.54. The van der Waals surface area contributed by atoms with Crippen molar-refractivity contribution in [2.24, 2.45) is 5.73 Å². The van der Waals surface area contributed by atoms with Crippen molar-refractivity contribution >= 4 is 11.9 Å². The summed E-state index contributed by atoms with van der Waals surface area (Å²) in [6, 6.07) is 13.1. The molecule has 2 aliphatic rings. The Bertz CT molecular complexity index is 1010. The molecule has 1 saturated heterocycles. The second-order valence-electron chi connectivity index (χ2n) is 9.01.